The highest BCUT2D eigenvalue weighted by atomic mass is 16.5. The van der Waals surface area contributed by atoms with E-state index in [1.165, 1.54) is 11.1 Å². The Bertz CT molecular complexity index is 420. The molecule has 0 spiro atoms. The number of rotatable bonds is 5. The molecule has 6 heteroatoms. The molecule has 0 aliphatic carbocycles. The quantitative estimate of drug-likeness (QED) is 0.738. The Morgan fingerprint density at radius 1 is 1.53 bits per heavy atom. The largest absolute Gasteiger partial charge is 0.462 e. The first-order valence-electron chi connectivity index (χ1n) is 5.17. The fourth-order valence-corrected chi connectivity index (χ4v) is 1.38. The van der Waals surface area contributed by atoms with Crippen LogP contribution in [-0.2, 0) is 9.53 Å². The van der Waals surface area contributed by atoms with Crippen LogP contribution in [0.3, 0.4) is 0 Å². The minimum Gasteiger partial charge on any atom is -0.462 e. The van der Waals surface area contributed by atoms with Crippen LogP contribution in [0.1, 0.15) is 17.3 Å². The zero-order valence-electron chi connectivity index (χ0n) is 9.84. The van der Waals surface area contributed by atoms with Crippen molar-refractivity contribution in [2.24, 2.45) is 5.73 Å². The van der Waals surface area contributed by atoms with E-state index in [2.05, 4.69) is 4.98 Å². The summed E-state index contributed by atoms with van der Waals surface area (Å²) in [7, 11) is 1.63. The Morgan fingerprint density at radius 2 is 2.24 bits per heavy atom. The van der Waals surface area contributed by atoms with Gasteiger partial charge < -0.3 is 15.4 Å². The maximum absolute atomic E-state index is 11.7. The minimum atomic E-state index is -0.493. The second-order valence-corrected chi connectivity index (χ2v) is 3.42. The summed E-state index contributed by atoms with van der Waals surface area (Å²) >= 11 is 0. The average Bonchev–Trinajstić information content (AvgIpc) is 2.28. The fraction of sp³-hybridized carbons (Fsp3) is 0.364. The van der Waals surface area contributed by atoms with Gasteiger partial charge in [0.05, 0.1) is 13.2 Å². The first-order chi connectivity index (χ1) is 8.06. The molecule has 1 aromatic heterocycles. The van der Waals surface area contributed by atoms with Crippen LogP contribution < -0.4 is 10.6 Å². The molecular formula is C11H15N3O3. The Kier molecular flexibility index (Phi) is 4.45. The van der Waals surface area contributed by atoms with Crippen LogP contribution in [0.4, 0.5) is 5.82 Å². The van der Waals surface area contributed by atoms with Gasteiger partial charge >= 0.3 is 5.97 Å². The summed E-state index contributed by atoms with van der Waals surface area (Å²) in [5.41, 5.74) is 5.41. The van der Waals surface area contributed by atoms with Gasteiger partial charge in [0.15, 0.2) is 0 Å². The molecule has 0 fully saturated rings. The number of nitrogens with two attached hydrogens (primary N) is 1. The van der Waals surface area contributed by atoms with Crippen LogP contribution in [0, 0.1) is 0 Å². The van der Waals surface area contributed by atoms with E-state index < -0.39 is 11.9 Å². The number of anilines is 1. The van der Waals surface area contributed by atoms with Crippen molar-refractivity contribution in [2.75, 3.05) is 25.1 Å². The summed E-state index contributed by atoms with van der Waals surface area (Å²) in [5, 5.41) is 0. The number of carbonyl (C=O) groups excluding carboxylic acids is 2. The Balaban J connectivity index is 2.98. The molecule has 17 heavy (non-hydrogen) atoms. The van der Waals surface area contributed by atoms with Crippen LogP contribution in [0.2, 0.25) is 0 Å². The van der Waals surface area contributed by atoms with Gasteiger partial charge in [-0.15, -0.1) is 0 Å². The number of nitrogens with zero attached hydrogens (tertiary/aromatic N) is 2. The van der Waals surface area contributed by atoms with E-state index in [0.717, 1.165) is 0 Å². The maximum atomic E-state index is 11.7. The number of amides is 1. The molecule has 0 aliphatic heterocycles. The molecule has 0 radical (unpaired) electrons. The fourth-order valence-electron chi connectivity index (χ4n) is 1.38. The summed E-state index contributed by atoms with van der Waals surface area (Å²) in [6.07, 6.45) is 1.54. The van der Waals surface area contributed by atoms with Crippen molar-refractivity contribution in [2.45, 2.75) is 6.92 Å². The third kappa shape index (κ3) is 3.44. The average molecular weight is 237 g/mol. The number of aromatic nitrogens is 1. The second-order valence-electron chi connectivity index (χ2n) is 3.42. The highest BCUT2D eigenvalue weighted by Gasteiger charge is 2.17. The van der Waals surface area contributed by atoms with E-state index in [1.54, 1.807) is 26.1 Å². The Morgan fingerprint density at radius 3 is 2.82 bits per heavy atom. The van der Waals surface area contributed by atoms with Crippen molar-refractivity contribution in [1.82, 2.24) is 4.98 Å². The molecular weight excluding hydrogens is 222 g/mol. The lowest BCUT2D eigenvalue weighted by molar-refractivity contribution is -0.116. The zero-order valence-corrected chi connectivity index (χ0v) is 9.84. The van der Waals surface area contributed by atoms with Gasteiger partial charge in [0.2, 0.25) is 5.91 Å². The van der Waals surface area contributed by atoms with Gasteiger partial charge in [-0.2, -0.15) is 0 Å². The van der Waals surface area contributed by atoms with Crippen molar-refractivity contribution in [3.05, 3.63) is 23.9 Å². The molecule has 0 atom stereocenters. The summed E-state index contributed by atoms with van der Waals surface area (Å²) < 4.78 is 4.90. The topological polar surface area (TPSA) is 85.5 Å². The summed E-state index contributed by atoms with van der Waals surface area (Å²) in [4.78, 5) is 28.0. The van der Waals surface area contributed by atoms with Crippen LogP contribution >= 0.6 is 0 Å². The number of ether oxygens (including phenoxy) is 1. The number of primary amides is 1. The molecule has 1 rings (SSSR count). The van der Waals surface area contributed by atoms with E-state index in [9.17, 15) is 9.59 Å². The number of hydrogen-bond donors (Lipinski definition) is 1. The first-order valence-corrected chi connectivity index (χ1v) is 5.17. The smallest absolute Gasteiger partial charge is 0.341 e. The van der Waals surface area contributed by atoms with Crippen molar-refractivity contribution in [3.63, 3.8) is 0 Å². The Labute approximate surface area is 99.4 Å². The summed E-state index contributed by atoms with van der Waals surface area (Å²) in [6, 6.07) is 3.23. The molecule has 0 aliphatic rings. The molecule has 0 saturated carbocycles. The number of pyridine rings is 1. The van der Waals surface area contributed by atoms with Gasteiger partial charge in [-0.3, -0.25) is 4.79 Å². The summed E-state index contributed by atoms with van der Waals surface area (Å²) in [6.45, 7) is 2.00. The van der Waals surface area contributed by atoms with E-state index >= 15 is 0 Å². The van der Waals surface area contributed by atoms with Crippen molar-refractivity contribution >= 4 is 17.7 Å². The van der Waals surface area contributed by atoms with Crippen LogP contribution in [0.15, 0.2) is 18.3 Å². The van der Waals surface area contributed by atoms with Gasteiger partial charge in [-0.05, 0) is 19.1 Å². The van der Waals surface area contributed by atoms with Crippen LogP contribution in [-0.4, -0.2) is 37.1 Å². The van der Waals surface area contributed by atoms with Crippen LogP contribution in [0.25, 0.3) is 0 Å². The molecule has 0 aromatic carbocycles. The van der Waals surface area contributed by atoms with Gasteiger partial charge in [-0.25, -0.2) is 9.78 Å². The molecule has 1 aromatic rings. The monoisotopic (exact) mass is 237 g/mol. The lowest BCUT2D eigenvalue weighted by Gasteiger charge is -2.18. The maximum Gasteiger partial charge on any atom is 0.341 e. The van der Waals surface area contributed by atoms with Gasteiger partial charge in [0.25, 0.3) is 0 Å². The normalized spacial score (nSPS) is 9.76. The van der Waals surface area contributed by atoms with E-state index in [4.69, 9.17) is 10.5 Å². The SMILES string of the molecule is CCOC(=O)c1cccnc1N(C)CC(N)=O. The van der Waals surface area contributed by atoms with Gasteiger partial charge in [-0.1, -0.05) is 0 Å². The molecule has 0 saturated heterocycles. The predicted molar refractivity (Wildman–Crippen MR) is 62.7 cm³/mol. The van der Waals surface area contributed by atoms with E-state index in [1.807, 2.05) is 0 Å². The van der Waals surface area contributed by atoms with Gasteiger partial charge in [0.1, 0.15) is 11.4 Å². The molecule has 1 amide bonds. The third-order valence-electron chi connectivity index (χ3n) is 2.04. The zero-order chi connectivity index (χ0) is 12.8. The predicted octanol–water partition coefficient (Wildman–Crippen LogP) is 0.180. The van der Waals surface area contributed by atoms with E-state index in [-0.39, 0.29) is 13.2 Å². The summed E-state index contributed by atoms with van der Waals surface area (Å²) in [5.74, 6) is -0.579. The highest BCUT2D eigenvalue weighted by Crippen LogP contribution is 2.16. The first kappa shape index (κ1) is 13.0. The molecule has 0 unspecified atom stereocenters. The third-order valence-corrected chi connectivity index (χ3v) is 2.04. The number of esters is 1. The molecule has 0 bridgehead atoms. The van der Waals surface area contributed by atoms with Crippen molar-refractivity contribution < 1.29 is 14.3 Å². The number of carbonyl (C=O) groups is 2. The van der Waals surface area contributed by atoms with Crippen molar-refractivity contribution in [3.8, 4) is 0 Å². The Hall–Kier alpha value is -2.11. The minimum absolute atomic E-state index is 0.0105. The number of hydrogen-bond acceptors (Lipinski definition) is 5. The van der Waals surface area contributed by atoms with Crippen molar-refractivity contribution in [1.29, 1.82) is 0 Å². The number of likely N-dealkylation sites (N-methyl/N-ethyl adjacent to an activating group) is 1. The molecule has 1 heterocycles. The highest BCUT2D eigenvalue weighted by molar-refractivity contribution is 5.95. The van der Waals surface area contributed by atoms with E-state index in [0.29, 0.717) is 11.4 Å². The molecule has 6 nitrogen and oxygen atoms in total. The molecule has 92 valence electrons. The lowest BCUT2D eigenvalue weighted by atomic mass is 10.2. The van der Waals surface area contributed by atoms with Gasteiger partial charge in [0, 0.05) is 13.2 Å². The molecule has 2 N–H and O–H groups in total. The lowest BCUT2D eigenvalue weighted by Crippen LogP contribution is -2.32. The standard InChI is InChI=1S/C11H15N3O3/c1-3-17-11(16)8-5-4-6-13-10(8)14(2)7-9(12)15/h4-6H,3,7H2,1-2H3,(H2,12,15). The van der Waals surface area contributed by atoms with Crippen LogP contribution in [0.5, 0.6) is 0 Å². The second kappa shape index (κ2) is 5.83.